The minimum atomic E-state index is -0.301. The lowest BCUT2D eigenvalue weighted by Crippen LogP contribution is -2.22. The molecule has 0 atom stereocenters. The van der Waals surface area contributed by atoms with Gasteiger partial charge in [0.05, 0.1) is 12.3 Å². The Hall–Kier alpha value is -4.04. The molecule has 0 aliphatic rings. The van der Waals surface area contributed by atoms with Crippen molar-refractivity contribution in [2.75, 3.05) is 0 Å². The van der Waals surface area contributed by atoms with E-state index in [2.05, 4.69) is 15.2 Å². The van der Waals surface area contributed by atoms with Crippen LogP contribution in [0.15, 0.2) is 76.3 Å². The SMILES string of the molecule is Cc1cccc(-c2noc(Cn3ccn4nc(-c5ccccc5)c(CO)c4c3=O)n2)c1. The van der Waals surface area contributed by atoms with Crippen LogP contribution in [0.2, 0.25) is 0 Å². The van der Waals surface area contributed by atoms with E-state index in [0.29, 0.717) is 28.5 Å². The monoisotopic (exact) mass is 413 g/mol. The van der Waals surface area contributed by atoms with Crippen LogP contribution in [0.5, 0.6) is 0 Å². The predicted molar refractivity (Wildman–Crippen MR) is 114 cm³/mol. The minimum absolute atomic E-state index is 0.116. The average Bonchev–Trinajstić information content (AvgIpc) is 3.41. The van der Waals surface area contributed by atoms with E-state index in [-0.39, 0.29) is 18.7 Å². The molecule has 8 nitrogen and oxygen atoms in total. The topological polar surface area (TPSA) is 98.5 Å². The molecule has 31 heavy (non-hydrogen) atoms. The molecule has 0 bridgehead atoms. The molecule has 0 aliphatic carbocycles. The van der Waals surface area contributed by atoms with Gasteiger partial charge in [0.25, 0.3) is 5.56 Å². The number of rotatable bonds is 5. The number of fused-ring (bicyclic) bond motifs is 1. The van der Waals surface area contributed by atoms with E-state index in [4.69, 9.17) is 4.52 Å². The lowest BCUT2D eigenvalue weighted by atomic mass is 10.1. The maximum absolute atomic E-state index is 13.2. The van der Waals surface area contributed by atoms with E-state index in [1.807, 2.05) is 61.5 Å². The molecule has 0 unspecified atom stereocenters. The molecule has 154 valence electrons. The summed E-state index contributed by atoms with van der Waals surface area (Å²) in [4.78, 5) is 17.6. The van der Waals surface area contributed by atoms with Gasteiger partial charge in [0.15, 0.2) is 0 Å². The van der Waals surface area contributed by atoms with Crippen LogP contribution in [0.25, 0.3) is 28.2 Å². The van der Waals surface area contributed by atoms with Gasteiger partial charge in [0.2, 0.25) is 11.7 Å². The Bertz CT molecular complexity index is 1430. The fourth-order valence-corrected chi connectivity index (χ4v) is 3.62. The molecule has 2 aromatic carbocycles. The second-order valence-corrected chi connectivity index (χ2v) is 7.26. The fraction of sp³-hybridized carbons (Fsp3) is 0.130. The van der Waals surface area contributed by atoms with Gasteiger partial charge >= 0.3 is 0 Å². The predicted octanol–water partition coefficient (Wildman–Crippen LogP) is 3.06. The standard InChI is InChI=1S/C23H19N5O3/c1-15-6-5-9-17(12-15)22-24-19(31-26-22)13-27-10-11-28-21(23(27)30)18(14-29)20(25-28)16-7-3-2-4-8-16/h2-12,29H,13-14H2,1H3. The van der Waals surface area contributed by atoms with E-state index in [1.165, 1.54) is 9.08 Å². The quantitative estimate of drug-likeness (QED) is 0.476. The van der Waals surface area contributed by atoms with Crippen molar-refractivity contribution in [1.82, 2.24) is 24.3 Å². The van der Waals surface area contributed by atoms with Gasteiger partial charge in [-0.15, -0.1) is 0 Å². The maximum Gasteiger partial charge on any atom is 0.277 e. The van der Waals surface area contributed by atoms with Gasteiger partial charge in [-0.05, 0) is 13.0 Å². The van der Waals surface area contributed by atoms with Crippen molar-refractivity contribution in [2.24, 2.45) is 0 Å². The Kier molecular flexibility index (Phi) is 4.68. The molecule has 0 amide bonds. The summed E-state index contributed by atoms with van der Waals surface area (Å²) >= 11 is 0. The van der Waals surface area contributed by atoms with Gasteiger partial charge in [-0.1, -0.05) is 59.3 Å². The molecule has 5 rings (SSSR count). The molecular formula is C23H19N5O3. The Labute approximate surface area is 177 Å². The summed E-state index contributed by atoms with van der Waals surface area (Å²) in [6.45, 7) is 1.81. The molecule has 0 fully saturated rings. The lowest BCUT2D eigenvalue weighted by Gasteiger charge is -2.03. The van der Waals surface area contributed by atoms with Gasteiger partial charge in [-0.3, -0.25) is 4.79 Å². The molecule has 1 N–H and O–H groups in total. The van der Waals surface area contributed by atoms with Crippen LogP contribution in [-0.4, -0.2) is 29.4 Å². The van der Waals surface area contributed by atoms with Gasteiger partial charge in [0, 0.05) is 29.1 Å². The molecule has 0 saturated carbocycles. The van der Waals surface area contributed by atoms with Gasteiger partial charge in [0.1, 0.15) is 12.1 Å². The number of aliphatic hydroxyl groups excluding tert-OH is 1. The van der Waals surface area contributed by atoms with Crippen LogP contribution in [0.3, 0.4) is 0 Å². The number of aromatic nitrogens is 5. The molecule has 0 aliphatic heterocycles. The highest BCUT2D eigenvalue weighted by Crippen LogP contribution is 2.24. The van der Waals surface area contributed by atoms with Crippen molar-refractivity contribution in [3.63, 3.8) is 0 Å². The third kappa shape index (κ3) is 3.43. The molecule has 8 heteroatoms. The van der Waals surface area contributed by atoms with E-state index in [1.54, 1.807) is 12.4 Å². The largest absolute Gasteiger partial charge is 0.392 e. The van der Waals surface area contributed by atoms with Crippen molar-refractivity contribution in [3.05, 3.63) is 94.4 Å². The third-order valence-corrected chi connectivity index (χ3v) is 5.12. The number of aryl methyl sites for hydroxylation is 1. The highest BCUT2D eigenvalue weighted by Gasteiger charge is 2.18. The summed E-state index contributed by atoms with van der Waals surface area (Å²) in [6.07, 6.45) is 3.30. The first-order valence-electron chi connectivity index (χ1n) is 9.80. The highest BCUT2D eigenvalue weighted by atomic mass is 16.5. The van der Waals surface area contributed by atoms with Crippen LogP contribution in [0, 0.1) is 6.92 Å². The van der Waals surface area contributed by atoms with Crippen molar-refractivity contribution >= 4 is 5.52 Å². The minimum Gasteiger partial charge on any atom is -0.392 e. The summed E-state index contributed by atoms with van der Waals surface area (Å²) in [5, 5.41) is 18.5. The number of hydrogen-bond acceptors (Lipinski definition) is 6. The zero-order valence-corrected chi connectivity index (χ0v) is 16.8. The number of benzene rings is 2. The number of aliphatic hydroxyl groups is 1. The molecule has 0 saturated heterocycles. The van der Waals surface area contributed by atoms with Crippen LogP contribution >= 0.6 is 0 Å². The summed E-state index contributed by atoms with van der Waals surface area (Å²) in [6, 6.07) is 17.3. The van der Waals surface area contributed by atoms with Crippen molar-refractivity contribution < 1.29 is 9.63 Å². The van der Waals surface area contributed by atoms with Crippen molar-refractivity contribution in [1.29, 1.82) is 0 Å². The zero-order chi connectivity index (χ0) is 21.4. The number of hydrogen-bond donors (Lipinski definition) is 1. The van der Waals surface area contributed by atoms with Crippen molar-refractivity contribution in [3.8, 4) is 22.6 Å². The van der Waals surface area contributed by atoms with E-state index in [0.717, 1.165) is 16.7 Å². The number of nitrogens with zero attached hydrogens (tertiary/aromatic N) is 5. The van der Waals surface area contributed by atoms with Crippen LogP contribution < -0.4 is 5.56 Å². The molecule has 5 aromatic rings. The summed E-state index contributed by atoms with van der Waals surface area (Å²) in [5.41, 5.74) is 3.87. The second kappa shape index (κ2) is 7.66. The van der Waals surface area contributed by atoms with Crippen molar-refractivity contribution in [2.45, 2.75) is 20.1 Å². The zero-order valence-electron chi connectivity index (χ0n) is 16.8. The smallest absolute Gasteiger partial charge is 0.277 e. The van der Waals surface area contributed by atoms with E-state index >= 15 is 0 Å². The molecule has 3 heterocycles. The molecule has 0 radical (unpaired) electrons. The first-order valence-corrected chi connectivity index (χ1v) is 9.80. The van der Waals surface area contributed by atoms with Crippen LogP contribution in [0.1, 0.15) is 17.0 Å². The maximum atomic E-state index is 13.2. The molecular weight excluding hydrogens is 394 g/mol. The Morgan fingerprint density at radius 1 is 1.03 bits per heavy atom. The average molecular weight is 413 g/mol. The summed E-state index contributed by atoms with van der Waals surface area (Å²) < 4.78 is 8.34. The highest BCUT2D eigenvalue weighted by molar-refractivity contribution is 5.72. The van der Waals surface area contributed by atoms with Gasteiger partial charge < -0.3 is 14.2 Å². The molecule has 0 spiro atoms. The van der Waals surface area contributed by atoms with Gasteiger partial charge in [-0.2, -0.15) is 10.1 Å². The molecule has 3 aromatic heterocycles. The van der Waals surface area contributed by atoms with Crippen LogP contribution in [0.4, 0.5) is 0 Å². The van der Waals surface area contributed by atoms with Crippen LogP contribution in [-0.2, 0) is 13.2 Å². The Morgan fingerprint density at radius 2 is 1.84 bits per heavy atom. The van der Waals surface area contributed by atoms with E-state index in [9.17, 15) is 9.90 Å². The second-order valence-electron chi connectivity index (χ2n) is 7.26. The first-order chi connectivity index (χ1) is 15.1. The normalized spacial score (nSPS) is 11.3. The van der Waals surface area contributed by atoms with Gasteiger partial charge in [-0.25, -0.2) is 4.52 Å². The third-order valence-electron chi connectivity index (χ3n) is 5.12. The lowest BCUT2D eigenvalue weighted by molar-refractivity contribution is 0.283. The fourth-order valence-electron chi connectivity index (χ4n) is 3.62. The first kappa shape index (κ1) is 19.0. The summed E-state index contributed by atoms with van der Waals surface area (Å²) in [5.74, 6) is 0.788. The summed E-state index contributed by atoms with van der Waals surface area (Å²) in [7, 11) is 0. The van der Waals surface area contributed by atoms with E-state index < -0.39 is 0 Å². The Balaban J connectivity index is 1.53. The Morgan fingerprint density at radius 3 is 2.61 bits per heavy atom.